The van der Waals surface area contributed by atoms with Gasteiger partial charge in [-0.25, -0.2) is 0 Å². The molecule has 2 radical (unpaired) electrons. The van der Waals surface area contributed by atoms with E-state index in [-0.39, 0.29) is 27.3 Å². The summed E-state index contributed by atoms with van der Waals surface area (Å²) in [6.45, 7) is 4.59. The van der Waals surface area contributed by atoms with Crippen molar-refractivity contribution in [2.45, 2.75) is 117 Å². The SMILES string of the molecule is CCCCCCCCCCCCCCCCCC.[PbH2]. The van der Waals surface area contributed by atoms with Crippen molar-refractivity contribution in [3.05, 3.63) is 0 Å². The zero-order valence-corrected chi connectivity index (χ0v) is 19.5. The van der Waals surface area contributed by atoms with Crippen LogP contribution in [0.4, 0.5) is 0 Å². The second-order valence-corrected chi connectivity index (χ2v) is 5.95. The molecular formula is C18H40Pb. The second kappa shape index (κ2) is 21.2. The summed E-state index contributed by atoms with van der Waals surface area (Å²) in [5, 5.41) is 0. The molecule has 0 spiro atoms. The van der Waals surface area contributed by atoms with Crippen molar-refractivity contribution in [2.24, 2.45) is 0 Å². The van der Waals surface area contributed by atoms with E-state index in [1.54, 1.807) is 0 Å². The molecule has 0 aromatic carbocycles. The Morgan fingerprint density at radius 2 is 0.474 bits per heavy atom. The molecule has 0 aromatic rings. The van der Waals surface area contributed by atoms with Crippen molar-refractivity contribution >= 4 is 27.3 Å². The van der Waals surface area contributed by atoms with Crippen molar-refractivity contribution in [1.82, 2.24) is 0 Å². The number of hydrogen-bond donors (Lipinski definition) is 0. The summed E-state index contributed by atoms with van der Waals surface area (Å²) in [7, 11) is 0. The molecular weight excluding hydrogens is 423 g/mol. The summed E-state index contributed by atoms with van der Waals surface area (Å²) in [4.78, 5) is 0. The molecule has 0 atom stereocenters. The van der Waals surface area contributed by atoms with Gasteiger partial charge in [0.25, 0.3) is 0 Å². The Bertz CT molecular complexity index is 118. The monoisotopic (exact) mass is 464 g/mol. The number of unbranched alkanes of at least 4 members (excludes halogenated alkanes) is 15. The van der Waals surface area contributed by atoms with Gasteiger partial charge < -0.3 is 0 Å². The first kappa shape index (κ1) is 22.2. The quantitative estimate of drug-likeness (QED) is 0.196. The van der Waals surface area contributed by atoms with E-state index in [1.807, 2.05) is 0 Å². The second-order valence-electron chi connectivity index (χ2n) is 5.95. The predicted molar refractivity (Wildman–Crippen MR) is 93.8 cm³/mol. The third-order valence-electron chi connectivity index (χ3n) is 3.96. The van der Waals surface area contributed by atoms with Crippen molar-refractivity contribution in [1.29, 1.82) is 0 Å². The van der Waals surface area contributed by atoms with Gasteiger partial charge in [0.05, 0.1) is 0 Å². The normalized spacial score (nSPS) is 10.4. The van der Waals surface area contributed by atoms with E-state index in [2.05, 4.69) is 13.8 Å². The first-order valence-electron chi connectivity index (χ1n) is 8.91. The molecule has 19 heavy (non-hydrogen) atoms. The third kappa shape index (κ3) is 21.4. The van der Waals surface area contributed by atoms with Gasteiger partial charge in [0, 0.05) is 0 Å². The van der Waals surface area contributed by atoms with Crippen molar-refractivity contribution in [2.75, 3.05) is 0 Å². The Labute approximate surface area is 143 Å². The average Bonchev–Trinajstić information content (AvgIpc) is 2.39. The fraction of sp³-hybridized carbons (Fsp3) is 1.00. The standard InChI is InChI=1S/C18H38.Pb.2H/c1-3-5-7-9-11-13-15-17-18-16-14-12-10-8-6-4-2;;;/h3-18H2,1-2H3;;;. The van der Waals surface area contributed by atoms with Crippen LogP contribution in [0.25, 0.3) is 0 Å². The Balaban J connectivity index is 0. The number of rotatable bonds is 15. The average molecular weight is 464 g/mol. The van der Waals surface area contributed by atoms with E-state index in [9.17, 15) is 0 Å². The molecule has 0 nitrogen and oxygen atoms in total. The fourth-order valence-electron chi connectivity index (χ4n) is 2.62. The van der Waals surface area contributed by atoms with Crippen LogP contribution in [-0.4, -0.2) is 27.3 Å². The van der Waals surface area contributed by atoms with Gasteiger partial charge in [-0.05, 0) is 0 Å². The molecule has 0 aliphatic rings. The molecule has 1 heteroatoms. The van der Waals surface area contributed by atoms with Crippen LogP contribution in [0.3, 0.4) is 0 Å². The van der Waals surface area contributed by atoms with Crippen LogP contribution in [0, 0.1) is 0 Å². The summed E-state index contributed by atoms with van der Waals surface area (Å²) in [5.41, 5.74) is 0. The molecule has 0 saturated heterocycles. The number of hydrogen-bond acceptors (Lipinski definition) is 0. The Morgan fingerprint density at radius 1 is 0.316 bits per heavy atom. The van der Waals surface area contributed by atoms with Gasteiger partial charge in [-0.2, -0.15) is 0 Å². The van der Waals surface area contributed by atoms with E-state index in [0.29, 0.717) is 0 Å². The van der Waals surface area contributed by atoms with Gasteiger partial charge in [0.2, 0.25) is 0 Å². The van der Waals surface area contributed by atoms with E-state index in [1.165, 1.54) is 103 Å². The summed E-state index contributed by atoms with van der Waals surface area (Å²) in [6.07, 6.45) is 23.4. The van der Waals surface area contributed by atoms with Crippen molar-refractivity contribution in [3.8, 4) is 0 Å². The molecule has 0 aliphatic heterocycles. The summed E-state index contributed by atoms with van der Waals surface area (Å²) < 4.78 is 0. The predicted octanol–water partition coefficient (Wildman–Crippen LogP) is 6.35. The summed E-state index contributed by atoms with van der Waals surface area (Å²) >= 11 is 0. The van der Waals surface area contributed by atoms with E-state index >= 15 is 0 Å². The minimum absolute atomic E-state index is 0. The molecule has 0 aromatic heterocycles. The van der Waals surface area contributed by atoms with Crippen LogP contribution in [0.5, 0.6) is 0 Å². The molecule has 0 fully saturated rings. The topological polar surface area (TPSA) is 0 Å². The van der Waals surface area contributed by atoms with E-state index < -0.39 is 0 Å². The minimum atomic E-state index is 0. The first-order chi connectivity index (χ1) is 8.91. The van der Waals surface area contributed by atoms with E-state index in [0.717, 1.165) is 0 Å². The molecule has 0 saturated carbocycles. The van der Waals surface area contributed by atoms with Crippen LogP contribution in [-0.2, 0) is 0 Å². The zero-order valence-electron chi connectivity index (χ0n) is 14.0. The molecule has 0 aliphatic carbocycles. The fourth-order valence-corrected chi connectivity index (χ4v) is 2.62. The van der Waals surface area contributed by atoms with Gasteiger partial charge >= 0.3 is 27.3 Å². The first-order valence-corrected chi connectivity index (χ1v) is 8.91. The van der Waals surface area contributed by atoms with Crippen molar-refractivity contribution < 1.29 is 0 Å². The Morgan fingerprint density at radius 3 is 0.632 bits per heavy atom. The van der Waals surface area contributed by atoms with Crippen LogP contribution in [0.15, 0.2) is 0 Å². The van der Waals surface area contributed by atoms with Gasteiger partial charge in [0.1, 0.15) is 0 Å². The molecule has 0 N–H and O–H groups in total. The van der Waals surface area contributed by atoms with E-state index in [4.69, 9.17) is 0 Å². The maximum absolute atomic E-state index is 2.29. The van der Waals surface area contributed by atoms with Crippen LogP contribution < -0.4 is 0 Å². The van der Waals surface area contributed by atoms with Gasteiger partial charge in [-0.1, -0.05) is 117 Å². The summed E-state index contributed by atoms with van der Waals surface area (Å²) in [6, 6.07) is 0. The molecule has 0 unspecified atom stereocenters. The van der Waals surface area contributed by atoms with Crippen LogP contribution in [0.2, 0.25) is 0 Å². The molecule has 116 valence electrons. The molecule has 0 heterocycles. The zero-order chi connectivity index (χ0) is 13.3. The maximum atomic E-state index is 2.29. The molecule has 0 amide bonds. The van der Waals surface area contributed by atoms with Gasteiger partial charge in [-0.15, -0.1) is 0 Å². The molecule has 0 bridgehead atoms. The van der Waals surface area contributed by atoms with Gasteiger partial charge in [0.15, 0.2) is 0 Å². The van der Waals surface area contributed by atoms with Gasteiger partial charge in [-0.3, -0.25) is 0 Å². The van der Waals surface area contributed by atoms with Crippen LogP contribution in [0.1, 0.15) is 117 Å². The van der Waals surface area contributed by atoms with Crippen molar-refractivity contribution in [3.63, 3.8) is 0 Å². The Hall–Kier alpha value is 0.922. The Kier molecular flexibility index (Phi) is 24.8. The van der Waals surface area contributed by atoms with Crippen LogP contribution >= 0.6 is 0 Å². The summed E-state index contributed by atoms with van der Waals surface area (Å²) in [5.74, 6) is 0. The third-order valence-corrected chi connectivity index (χ3v) is 3.96. The molecule has 0 rings (SSSR count).